The molecule has 0 aromatic carbocycles. The van der Waals surface area contributed by atoms with Crippen molar-refractivity contribution in [3.63, 3.8) is 0 Å². The summed E-state index contributed by atoms with van der Waals surface area (Å²) in [5.41, 5.74) is -0.539. The second-order valence-electron chi connectivity index (χ2n) is 3.98. The van der Waals surface area contributed by atoms with E-state index < -0.39 is 11.5 Å². The third kappa shape index (κ3) is 0.872. The van der Waals surface area contributed by atoms with Crippen molar-refractivity contribution in [3.8, 4) is 0 Å². The topological polar surface area (TPSA) is 49.3 Å². The highest BCUT2D eigenvalue weighted by atomic mass is 16.4. The first-order chi connectivity index (χ1) is 5.12. The average molecular weight is 155 g/mol. The van der Waals surface area contributed by atoms with Gasteiger partial charge in [0.15, 0.2) is 0 Å². The predicted octanol–water partition coefficient (Wildman–Crippen LogP) is 0.602. The molecule has 3 nitrogen and oxygen atoms in total. The number of piperidine rings is 1. The Labute approximate surface area is 65.8 Å². The molecule has 0 amide bonds. The molecule has 2 heterocycles. The number of carbonyl (C=O) groups is 1. The quantitative estimate of drug-likeness (QED) is 0.583. The Kier molecular flexibility index (Phi) is 1.27. The molecule has 3 fully saturated rings. The molecule has 1 aliphatic carbocycles. The minimum absolute atomic E-state index is 0.481. The Balaban J connectivity index is 2.12. The standard InChI is InChI=1S/C8H13NO2/c1-5-2-6-4-8(3-5,9-6)7(10)11/h5-6,9H,2-4H2,1H3,(H,10,11)/t5-,6-,8?/m1/s1. The fourth-order valence-corrected chi connectivity index (χ4v) is 2.48. The van der Waals surface area contributed by atoms with E-state index in [0.717, 1.165) is 19.3 Å². The van der Waals surface area contributed by atoms with Crippen molar-refractivity contribution in [3.05, 3.63) is 0 Å². The molecule has 0 spiro atoms. The Morgan fingerprint density at radius 3 is 2.64 bits per heavy atom. The summed E-state index contributed by atoms with van der Waals surface area (Å²) >= 11 is 0. The number of nitrogens with one attached hydrogen (secondary N) is 1. The molecule has 2 bridgehead atoms. The number of hydrogen-bond donors (Lipinski definition) is 2. The maximum Gasteiger partial charge on any atom is 0.323 e. The summed E-state index contributed by atoms with van der Waals surface area (Å²) in [5, 5.41) is 12.0. The van der Waals surface area contributed by atoms with Crippen LogP contribution in [0.15, 0.2) is 0 Å². The van der Waals surface area contributed by atoms with Crippen LogP contribution in [0, 0.1) is 5.92 Å². The van der Waals surface area contributed by atoms with Gasteiger partial charge in [0.2, 0.25) is 0 Å². The van der Waals surface area contributed by atoms with E-state index in [4.69, 9.17) is 5.11 Å². The van der Waals surface area contributed by atoms with E-state index in [9.17, 15) is 4.79 Å². The molecular formula is C8H13NO2. The van der Waals surface area contributed by atoms with E-state index in [1.165, 1.54) is 0 Å². The normalized spacial score (nSPS) is 48.1. The lowest BCUT2D eigenvalue weighted by molar-refractivity contribution is -0.154. The van der Waals surface area contributed by atoms with E-state index >= 15 is 0 Å². The summed E-state index contributed by atoms with van der Waals surface area (Å²) < 4.78 is 0. The van der Waals surface area contributed by atoms with Gasteiger partial charge in [-0.05, 0) is 25.2 Å². The van der Waals surface area contributed by atoms with Crippen molar-refractivity contribution >= 4 is 5.97 Å². The average Bonchev–Trinajstić information content (AvgIpc) is 1.83. The maximum absolute atomic E-state index is 10.8. The number of hydrogen-bond acceptors (Lipinski definition) is 2. The van der Waals surface area contributed by atoms with Gasteiger partial charge in [0.05, 0.1) is 0 Å². The van der Waals surface area contributed by atoms with E-state index in [0.29, 0.717) is 12.0 Å². The van der Waals surface area contributed by atoms with Crippen LogP contribution in [0.1, 0.15) is 26.2 Å². The van der Waals surface area contributed by atoms with Crippen LogP contribution < -0.4 is 5.32 Å². The molecule has 1 saturated carbocycles. The fraction of sp³-hybridized carbons (Fsp3) is 0.875. The highest BCUT2D eigenvalue weighted by molar-refractivity contribution is 5.80. The van der Waals surface area contributed by atoms with Crippen molar-refractivity contribution in [1.29, 1.82) is 0 Å². The molecule has 3 rings (SSSR count). The zero-order chi connectivity index (χ0) is 8.06. The van der Waals surface area contributed by atoms with Crippen LogP contribution in [0.25, 0.3) is 0 Å². The summed E-state index contributed by atoms with van der Waals surface area (Å²) in [6.07, 6.45) is 2.79. The van der Waals surface area contributed by atoms with Gasteiger partial charge in [0, 0.05) is 6.04 Å². The number of carboxylic acids is 1. The molecule has 3 atom stereocenters. The highest BCUT2D eigenvalue weighted by Crippen LogP contribution is 2.41. The van der Waals surface area contributed by atoms with Crippen molar-refractivity contribution in [2.24, 2.45) is 5.92 Å². The second kappa shape index (κ2) is 1.97. The molecular weight excluding hydrogens is 142 g/mol. The van der Waals surface area contributed by atoms with Gasteiger partial charge in [-0.25, -0.2) is 0 Å². The summed E-state index contributed by atoms with van der Waals surface area (Å²) in [4.78, 5) is 10.8. The molecule has 1 unspecified atom stereocenters. The summed E-state index contributed by atoms with van der Waals surface area (Å²) in [7, 11) is 0. The first-order valence-electron chi connectivity index (χ1n) is 4.13. The SMILES string of the molecule is C[C@@H]1C[C@@H]2CC(C(=O)O)(C1)N2. The van der Waals surface area contributed by atoms with Gasteiger partial charge in [0.25, 0.3) is 0 Å². The zero-order valence-electron chi connectivity index (χ0n) is 6.63. The van der Waals surface area contributed by atoms with Gasteiger partial charge in [-0.15, -0.1) is 0 Å². The molecule has 62 valence electrons. The van der Waals surface area contributed by atoms with Gasteiger partial charge in [-0.2, -0.15) is 0 Å². The Bertz CT molecular complexity index is 196. The molecule has 3 aliphatic rings. The third-order valence-electron chi connectivity index (χ3n) is 2.87. The molecule has 2 N–H and O–H groups in total. The van der Waals surface area contributed by atoms with E-state index in [1.807, 2.05) is 0 Å². The smallest absolute Gasteiger partial charge is 0.323 e. The van der Waals surface area contributed by atoms with Crippen molar-refractivity contribution in [1.82, 2.24) is 5.32 Å². The van der Waals surface area contributed by atoms with Crippen LogP contribution in [0.3, 0.4) is 0 Å². The number of carboxylic acid groups (broad SMARTS) is 1. The fourth-order valence-electron chi connectivity index (χ4n) is 2.48. The molecule has 2 aliphatic heterocycles. The van der Waals surface area contributed by atoms with Crippen LogP contribution in [0.4, 0.5) is 0 Å². The molecule has 0 aromatic rings. The van der Waals surface area contributed by atoms with Crippen molar-refractivity contribution < 1.29 is 9.90 Å². The Morgan fingerprint density at radius 2 is 2.27 bits per heavy atom. The molecule has 11 heavy (non-hydrogen) atoms. The Hall–Kier alpha value is -0.570. The minimum atomic E-state index is -0.666. The zero-order valence-corrected chi connectivity index (χ0v) is 6.63. The maximum atomic E-state index is 10.8. The molecule has 3 heteroatoms. The second-order valence-corrected chi connectivity index (χ2v) is 3.98. The molecule has 0 radical (unpaired) electrons. The molecule has 0 aromatic heterocycles. The lowest BCUT2D eigenvalue weighted by Crippen LogP contribution is -2.71. The molecule has 2 saturated heterocycles. The first kappa shape index (κ1) is 7.10. The third-order valence-corrected chi connectivity index (χ3v) is 2.87. The van der Waals surface area contributed by atoms with Gasteiger partial charge in [-0.3, -0.25) is 10.1 Å². The highest BCUT2D eigenvalue weighted by Gasteiger charge is 2.54. The van der Waals surface area contributed by atoms with E-state index in [2.05, 4.69) is 12.2 Å². The number of fused-ring (bicyclic) bond motifs is 2. The van der Waals surface area contributed by atoms with Gasteiger partial charge < -0.3 is 5.11 Å². The largest absolute Gasteiger partial charge is 0.480 e. The van der Waals surface area contributed by atoms with Crippen LogP contribution in [-0.4, -0.2) is 22.7 Å². The monoisotopic (exact) mass is 155 g/mol. The van der Waals surface area contributed by atoms with Gasteiger partial charge in [0.1, 0.15) is 5.54 Å². The van der Waals surface area contributed by atoms with Crippen LogP contribution >= 0.6 is 0 Å². The van der Waals surface area contributed by atoms with Crippen molar-refractivity contribution in [2.75, 3.05) is 0 Å². The van der Waals surface area contributed by atoms with Crippen LogP contribution in [0.2, 0.25) is 0 Å². The lowest BCUT2D eigenvalue weighted by Gasteiger charge is -2.53. The first-order valence-corrected chi connectivity index (χ1v) is 4.13. The van der Waals surface area contributed by atoms with E-state index in [1.54, 1.807) is 0 Å². The minimum Gasteiger partial charge on any atom is -0.480 e. The number of rotatable bonds is 1. The van der Waals surface area contributed by atoms with E-state index in [-0.39, 0.29) is 0 Å². The summed E-state index contributed by atoms with van der Waals surface area (Å²) in [6, 6.07) is 0.481. The summed E-state index contributed by atoms with van der Waals surface area (Å²) in [6.45, 7) is 2.13. The predicted molar refractivity (Wildman–Crippen MR) is 40.3 cm³/mol. The summed E-state index contributed by atoms with van der Waals surface area (Å²) in [5.74, 6) is -0.0913. The Morgan fingerprint density at radius 1 is 1.64 bits per heavy atom. The van der Waals surface area contributed by atoms with Crippen molar-refractivity contribution in [2.45, 2.75) is 37.8 Å². The van der Waals surface area contributed by atoms with Gasteiger partial charge >= 0.3 is 5.97 Å². The van der Waals surface area contributed by atoms with Gasteiger partial charge in [-0.1, -0.05) is 6.92 Å². The number of aliphatic carboxylic acids is 1. The lowest BCUT2D eigenvalue weighted by atomic mass is 9.66. The van der Waals surface area contributed by atoms with Crippen LogP contribution in [0.5, 0.6) is 0 Å². The van der Waals surface area contributed by atoms with Crippen LogP contribution in [-0.2, 0) is 4.79 Å².